The molecule has 0 radical (unpaired) electrons. The number of nitrogens with zero attached hydrogens (tertiary/aromatic N) is 1. The van der Waals surface area contributed by atoms with E-state index in [0.717, 1.165) is 0 Å². The highest BCUT2D eigenvalue weighted by Crippen LogP contribution is 2.12. The van der Waals surface area contributed by atoms with Gasteiger partial charge in [0.2, 0.25) is 5.91 Å². The number of primary amides is 1. The maximum absolute atomic E-state index is 10.6. The smallest absolute Gasteiger partial charge is 0.248 e. The fraction of sp³-hybridized carbons (Fsp3) is 0. The summed E-state index contributed by atoms with van der Waals surface area (Å²) < 4.78 is 0. The summed E-state index contributed by atoms with van der Waals surface area (Å²) in [5.74, 6) is -0.504. The summed E-state index contributed by atoms with van der Waals surface area (Å²) in [6.07, 6.45) is 0. The van der Waals surface area contributed by atoms with Gasteiger partial charge in [-0.2, -0.15) is 5.11 Å². The van der Waals surface area contributed by atoms with Crippen LogP contribution in [0, 0.1) is 5.53 Å². The van der Waals surface area contributed by atoms with E-state index in [2.05, 4.69) is 5.11 Å². The van der Waals surface area contributed by atoms with Crippen molar-refractivity contribution in [2.45, 2.75) is 0 Å². The number of nitrogens with two attached hydrogens (primary N) is 1. The van der Waals surface area contributed by atoms with E-state index in [9.17, 15) is 4.79 Å². The Morgan fingerprint density at radius 2 is 2.27 bits per heavy atom. The summed E-state index contributed by atoms with van der Waals surface area (Å²) in [4.78, 5) is 10.6. The van der Waals surface area contributed by atoms with E-state index < -0.39 is 5.91 Å². The highest BCUT2D eigenvalue weighted by atomic mass is 16.1. The highest BCUT2D eigenvalue weighted by Gasteiger charge is 1.98. The lowest BCUT2D eigenvalue weighted by molar-refractivity contribution is 0.100. The molecule has 1 amide bonds. The zero-order valence-corrected chi connectivity index (χ0v) is 5.74. The number of nitrogens with one attached hydrogen (secondary N) is 1. The standard InChI is InChI=1S/C7H7N3O/c8-7(11)5-2-1-3-6(4-5)10-9/h1-4,9H,(H2,8,11). The van der Waals surface area contributed by atoms with Crippen LogP contribution < -0.4 is 5.73 Å². The normalized spacial score (nSPS) is 9.09. The molecule has 4 heteroatoms. The lowest BCUT2D eigenvalue weighted by Gasteiger charge is -1.94. The molecule has 0 aliphatic rings. The molecule has 0 saturated heterocycles. The van der Waals surface area contributed by atoms with Crippen molar-refractivity contribution >= 4 is 11.6 Å². The van der Waals surface area contributed by atoms with Crippen molar-refractivity contribution in [3.05, 3.63) is 29.8 Å². The fourth-order valence-corrected chi connectivity index (χ4v) is 0.729. The van der Waals surface area contributed by atoms with Gasteiger partial charge in [0.15, 0.2) is 0 Å². The summed E-state index contributed by atoms with van der Waals surface area (Å²) in [5.41, 5.74) is 12.5. The molecule has 1 aromatic carbocycles. The predicted octanol–water partition coefficient (Wildman–Crippen LogP) is 1.45. The van der Waals surface area contributed by atoms with E-state index in [4.69, 9.17) is 11.3 Å². The van der Waals surface area contributed by atoms with Crippen molar-refractivity contribution in [3.8, 4) is 0 Å². The van der Waals surface area contributed by atoms with E-state index in [1.54, 1.807) is 18.2 Å². The Hall–Kier alpha value is -1.71. The first-order chi connectivity index (χ1) is 5.24. The molecule has 56 valence electrons. The molecule has 0 aliphatic carbocycles. The Morgan fingerprint density at radius 3 is 2.82 bits per heavy atom. The second-order valence-corrected chi connectivity index (χ2v) is 2.03. The molecule has 0 bridgehead atoms. The van der Waals surface area contributed by atoms with E-state index >= 15 is 0 Å². The molecular formula is C7H7N3O. The predicted molar refractivity (Wildman–Crippen MR) is 39.8 cm³/mol. The first kappa shape index (κ1) is 7.40. The van der Waals surface area contributed by atoms with Crippen molar-refractivity contribution in [2.75, 3.05) is 0 Å². The Kier molecular flexibility index (Phi) is 1.96. The average molecular weight is 149 g/mol. The molecule has 0 saturated carbocycles. The Labute approximate surface area is 63.5 Å². The SMILES string of the molecule is N=Nc1cccc(C(N)=O)c1. The largest absolute Gasteiger partial charge is 0.366 e. The van der Waals surface area contributed by atoms with Crippen molar-refractivity contribution in [1.82, 2.24) is 0 Å². The number of amides is 1. The van der Waals surface area contributed by atoms with Gasteiger partial charge in [-0.15, -0.1) is 0 Å². The molecule has 0 heterocycles. The maximum atomic E-state index is 10.6. The third-order valence-electron chi connectivity index (χ3n) is 1.26. The van der Waals surface area contributed by atoms with Gasteiger partial charge in [0, 0.05) is 5.56 Å². The molecule has 1 aromatic rings. The summed E-state index contributed by atoms with van der Waals surface area (Å²) >= 11 is 0. The van der Waals surface area contributed by atoms with Gasteiger partial charge in [-0.05, 0) is 18.2 Å². The van der Waals surface area contributed by atoms with Crippen LogP contribution >= 0.6 is 0 Å². The van der Waals surface area contributed by atoms with E-state index in [1.807, 2.05) is 0 Å². The van der Waals surface area contributed by atoms with Crippen molar-refractivity contribution in [1.29, 1.82) is 5.53 Å². The van der Waals surface area contributed by atoms with Gasteiger partial charge in [-0.25, -0.2) is 5.53 Å². The van der Waals surface area contributed by atoms with Crippen LogP contribution in [0.15, 0.2) is 29.4 Å². The van der Waals surface area contributed by atoms with Crippen LogP contribution in [0.4, 0.5) is 5.69 Å². The number of hydrogen-bond acceptors (Lipinski definition) is 3. The molecule has 0 atom stereocenters. The fourth-order valence-electron chi connectivity index (χ4n) is 0.729. The Balaban J connectivity index is 3.10. The van der Waals surface area contributed by atoms with Crippen LogP contribution in [0.2, 0.25) is 0 Å². The minimum atomic E-state index is -0.504. The maximum Gasteiger partial charge on any atom is 0.248 e. The number of rotatable bonds is 2. The van der Waals surface area contributed by atoms with Gasteiger partial charge in [0.1, 0.15) is 0 Å². The highest BCUT2D eigenvalue weighted by molar-refractivity contribution is 5.93. The van der Waals surface area contributed by atoms with Gasteiger partial charge >= 0.3 is 0 Å². The van der Waals surface area contributed by atoms with Crippen molar-refractivity contribution < 1.29 is 4.79 Å². The number of benzene rings is 1. The minimum absolute atomic E-state index is 0.374. The lowest BCUT2D eigenvalue weighted by atomic mass is 10.2. The van der Waals surface area contributed by atoms with Crippen LogP contribution in [0.5, 0.6) is 0 Å². The first-order valence-electron chi connectivity index (χ1n) is 3.01. The summed E-state index contributed by atoms with van der Waals surface area (Å²) in [7, 11) is 0. The van der Waals surface area contributed by atoms with Gasteiger partial charge < -0.3 is 5.73 Å². The number of hydrogen-bond donors (Lipinski definition) is 2. The first-order valence-corrected chi connectivity index (χ1v) is 3.01. The van der Waals surface area contributed by atoms with E-state index in [-0.39, 0.29) is 0 Å². The lowest BCUT2D eigenvalue weighted by Crippen LogP contribution is -2.10. The van der Waals surface area contributed by atoms with Crippen LogP contribution in [0.1, 0.15) is 10.4 Å². The molecule has 1 rings (SSSR count). The summed E-state index contributed by atoms with van der Waals surface area (Å²) in [5, 5.41) is 3.16. The monoisotopic (exact) mass is 149 g/mol. The second kappa shape index (κ2) is 2.92. The average Bonchev–Trinajstić information content (AvgIpc) is 2.05. The quantitative estimate of drug-likeness (QED) is 0.613. The van der Waals surface area contributed by atoms with Gasteiger partial charge in [0.25, 0.3) is 0 Å². The van der Waals surface area contributed by atoms with Crippen molar-refractivity contribution in [2.24, 2.45) is 10.8 Å². The Bertz CT molecular complexity index is 295. The number of carbonyl (C=O) groups excluding carboxylic acids is 1. The van der Waals surface area contributed by atoms with Crippen LogP contribution in [0.25, 0.3) is 0 Å². The van der Waals surface area contributed by atoms with Crippen LogP contribution in [-0.4, -0.2) is 5.91 Å². The molecule has 4 nitrogen and oxygen atoms in total. The third-order valence-corrected chi connectivity index (χ3v) is 1.26. The van der Waals surface area contributed by atoms with Crippen LogP contribution in [0.3, 0.4) is 0 Å². The van der Waals surface area contributed by atoms with Crippen molar-refractivity contribution in [3.63, 3.8) is 0 Å². The van der Waals surface area contributed by atoms with Gasteiger partial charge in [0.05, 0.1) is 5.69 Å². The summed E-state index contributed by atoms with van der Waals surface area (Å²) in [6, 6.07) is 6.30. The van der Waals surface area contributed by atoms with E-state index in [1.165, 1.54) is 6.07 Å². The van der Waals surface area contributed by atoms with E-state index in [0.29, 0.717) is 11.3 Å². The molecule has 0 fully saturated rings. The molecule has 3 N–H and O–H groups in total. The topological polar surface area (TPSA) is 79.3 Å². The van der Waals surface area contributed by atoms with Gasteiger partial charge in [-0.1, -0.05) is 6.07 Å². The zero-order chi connectivity index (χ0) is 8.27. The zero-order valence-electron chi connectivity index (χ0n) is 5.74. The van der Waals surface area contributed by atoms with Gasteiger partial charge in [-0.3, -0.25) is 4.79 Å². The molecule has 0 aliphatic heterocycles. The Morgan fingerprint density at radius 1 is 1.55 bits per heavy atom. The molecule has 0 spiro atoms. The molecule has 0 aromatic heterocycles. The molecule has 11 heavy (non-hydrogen) atoms. The molecule has 0 unspecified atom stereocenters. The number of carbonyl (C=O) groups is 1. The summed E-state index contributed by atoms with van der Waals surface area (Å²) in [6.45, 7) is 0. The second-order valence-electron chi connectivity index (χ2n) is 2.03. The molecular weight excluding hydrogens is 142 g/mol. The third kappa shape index (κ3) is 1.61. The van der Waals surface area contributed by atoms with Crippen LogP contribution in [-0.2, 0) is 0 Å². The minimum Gasteiger partial charge on any atom is -0.366 e.